The lowest BCUT2D eigenvalue weighted by atomic mass is 10.2. The van der Waals surface area contributed by atoms with Gasteiger partial charge in [-0.2, -0.15) is 17.9 Å². The maximum absolute atomic E-state index is 14.0. The van der Waals surface area contributed by atoms with Crippen LogP contribution in [0, 0.1) is 12.7 Å². The molecule has 24 heavy (non-hydrogen) atoms. The van der Waals surface area contributed by atoms with Gasteiger partial charge in [-0.1, -0.05) is 18.5 Å². The van der Waals surface area contributed by atoms with E-state index in [1.54, 1.807) is 13.8 Å². The van der Waals surface area contributed by atoms with E-state index in [0.29, 0.717) is 23.7 Å². The second-order valence-corrected chi connectivity index (χ2v) is 5.25. The summed E-state index contributed by atoms with van der Waals surface area (Å²) in [6.07, 6.45) is -4.38. The zero-order chi connectivity index (χ0) is 18.2. The van der Waals surface area contributed by atoms with Crippen molar-refractivity contribution in [3.63, 3.8) is 0 Å². The minimum Gasteiger partial charge on any atom is -0.433 e. The Morgan fingerprint density at radius 3 is 2.50 bits per heavy atom. The quantitative estimate of drug-likeness (QED) is 0.825. The summed E-state index contributed by atoms with van der Waals surface area (Å²) in [5.74, 6) is -2.08. The molecule has 0 radical (unpaired) electrons. The maximum Gasteiger partial charge on any atom is 0.416 e. The molecule has 10 heteroatoms. The fourth-order valence-corrected chi connectivity index (χ4v) is 2.38. The molecule has 0 atom stereocenters. The van der Waals surface area contributed by atoms with Crippen molar-refractivity contribution in [2.45, 2.75) is 26.4 Å². The standard InChI is InChI=1S/C14H12ClF4N3O2/c1-3-8-6(2)22(13(20)23)21-12(8)24-11-9(15)4-7(5-10(11)16)14(17,18)19/h4-5H,3H2,1-2H3,(H2,20,23). The molecule has 0 saturated heterocycles. The Kier molecular flexibility index (Phi) is 4.75. The third kappa shape index (κ3) is 3.30. The topological polar surface area (TPSA) is 70.1 Å². The molecule has 0 fully saturated rings. The van der Waals surface area contributed by atoms with Crippen molar-refractivity contribution in [1.29, 1.82) is 0 Å². The normalized spacial score (nSPS) is 11.6. The summed E-state index contributed by atoms with van der Waals surface area (Å²) in [6, 6.07) is -0.0649. The van der Waals surface area contributed by atoms with E-state index in [9.17, 15) is 22.4 Å². The molecule has 0 unspecified atom stereocenters. The second kappa shape index (κ2) is 6.31. The van der Waals surface area contributed by atoms with Crippen molar-refractivity contribution in [3.8, 4) is 11.6 Å². The van der Waals surface area contributed by atoms with Gasteiger partial charge in [0.05, 0.1) is 16.3 Å². The third-order valence-electron chi connectivity index (χ3n) is 3.29. The molecule has 0 spiro atoms. The number of ether oxygens (including phenoxy) is 1. The molecule has 0 aliphatic heterocycles. The van der Waals surface area contributed by atoms with E-state index in [2.05, 4.69) is 5.10 Å². The molecule has 2 aromatic rings. The minimum absolute atomic E-state index is 0.158. The second-order valence-electron chi connectivity index (χ2n) is 4.84. The first-order valence-electron chi connectivity index (χ1n) is 6.68. The Morgan fingerprint density at radius 1 is 1.42 bits per heavy atom. The molecule has 2 N–H and O–H groups in total. The summed E-state index contributed by atoms with van der Waals surface area (Å²) >= 11 is 5.70. The Morgan fingerprint density at radius 2 is 2.04 bits per heavy atom. The first-order chi connectivity index (χ1) is 11.1. The zero-order valence-electron chi connectivity index (χ0n) is 12.5. The number of halogens is 5. The number of hydrogen-bond acceptors (Lipinski definition) is 3. The highest BCUT2D eigenvalue weighted by molar-refractivity contribution is 6.32. The van der Waals surface area contributed by atoms with E-state index in [0.717, 1.165) is 4.68 Å². The molecule has 1 heterocycles. The SMILES string of the molecule is CCc1c(Oc2c(F)cc(C(F)(F)F)cc2Cl)nn(C(N)=O)c1C. The van der Waals surface area contributed by atoms with Crippen LogP contribution in [0.25, 0.3) is 0 Å². The molecular formula is C14H12ClF4N3O2. The number of carbonyl (C=O) groups excluding carboxylic acids is 1. The van der Waals surface area contributed by atoms with Crippen molar-refractivity contribution in [1.82, 2.24) is 9.78 Å². The highest BCUT2D eigenvalue weighted by atomic mass is 35.5. The molecule has 0 aliphatic carbocycles. The molecule has 1 aromatic heterocycles. The van der Waals surface area contributed by atoms with Crippen LogP contribution in [0.15, 0.2) is 12.1 Å². The van der Waals surface area contributed by atoms with Gasteiger partial charge in [-0.15, -0.1) is 5.10 Å². The van der Waals surface area contributed by atoms with E-state index in [1.165, 1.54) is 0 Å². The Bertz CT molecular complexity index is 779. The van der Waals surface area contributed by atoms with Crippen molar-refractivity contribution in [2.24, 2.45) is 5.73 Å². The molecule has 130 valence electrons. The number of benzene rings is 1. The minimum atomic E-state index is -4.75. The average molecular weight is 366 g/mol. The molecule has 1 amide bonds. The van der Waals surface area contributed by atoms with Crippen LogP contribution in [0.1, 0.15) is 23.7 Å². The first kappa shape index (κ1) is 18.1. The molecule has 1 aromatic carbocycles. The number of amides is 1. The van der Waals surface area contributed by atoms with Crippen molar-refractivity contribution in [2.75, 3.05) is 0 Å². The number of primary amides is 1. The van der Waals surface area contributed by atoms with Crippen LogP contribution in [0.4, 0.5) is 22.4 Å². The molecule has 0 bridgehead atoms. The molecule has 0 saturated carbocycles. The fourth-order valence-electron chi connectivity index (χ4n) is 2.13. The van der Waals surface area contributed by atoms with Crippen LogP contribution in [0.5, 0.6) is 11.6 Å². The van der Waals surface area contributed by atoms with Crippen LogP contribution in [0.3, 0.4) is 0 Å². The summed E-state index contributed by atoms with van der Waals surface area (Å²) in [4.78, 5) is 11.3. The lowest BCUT2D eigenvalue weighted by molar-refractivity contribution is -0.137. The summed E-state index contributed by atoms with van der Waals surface area (Å²) in [5, 5.41) is 3.23. The highest BCUT2D eigenvalue weighted by Gasteiger charge is 2.33. The number of aromatic nitrogens is 2. The Hall–Kier alpha value is -2.29. The van der Waals surface area contributed by atoms with Crippen molar-refractivity contribution < 1.29 is 27.1 Å². The van der Waals surface area contributed by atoms with Crippen LogP contribution in [-0.2, 0) is 12.6 Å². The molecule has 2 rings (SSSR count). The van der Waals surface area contributed by atoms with E-state index in [-0.39, 0.29) is 11.9 Å². The number of nitrogens with zero attached hydrogens (tertiary/aromatic N) is 2. The van der Waals surface area contributed by atoms with E-state index in [1.807, 2.05) is 0 Å². The van der Waals surface area contributed by atoms with E-state index in [4.69, 9.17) is 22.1 Å². The fraction of sp³-hybridized carbons (Fsp3) is 0.286. The highest BCUT2D eigenvalue weighted by Crippen LogP contribution is 2.39. The first-order valence-corrected chi connectivity index (χ1v) is 7.06. The van der Waals surface area contributed by atoms with Crippen molar-refractivity contribution in [3.05, 3.63) is 39.8 Å². The smallest absolute Gasteiger partial charge is 0.416 e. The Labute approximate surface area is 139 Å². The van der Waals surface area contributed by atoms with Gasteiger partial charge in [-0.05, 0) is 25.5 Å². The summed E-state index contributed by atoms with van der Waals surface area (Å²) in [5.41, 5.74) is 4.74. The van der Waals surface area contributed by atoms with Crippen molar-refractivity contribution >= 4 is 17.6 Å². The number of carbonyl (C=O) groups is 1. The zero-order valence-corrected chi connectivity index (χ0v) is 13.3. The Balaban J connectivity index is 2.49. The van der Waals surface area contributed by atoms with Gasteiger partial charge in [0.1, 0.15) is 0 Å². The predicted molar refractivity (Wildman–Crippen MR) is 77.8 cm³/mol. The number of rotatable bonds is 3. The van der Waals surface area contributed by atoms with E-state index < -0.39 is 34.4 Å². The van der Waals surface area contributed by atoms with Crippen LogP contribution >= 0.6 is 11.6 Å². The lowest BCUT2D eigenvalue weighted by Gasteiger charge is -2.11. The number of alkyl halides is 3. The van der Waals surface area contributed by atoms with Gasteiger partial charge in [0.15, 0.2) is 11.6 Å². The van der Waals surface area contributed by atoms with Crippen LogP contribution in [0.2, 0.25) is 5.02 Å². The largest absolute Gasteiger partial charge is 0.433 e. The van der Waals surface area contributed by atoms with Crippen LogP contribution in [-0.4, -0.2) is 15.8 Å². The number of hydrogen-bond donors (Lipinski definition) is 1. The van der Waals surface area contributed by atoms with Crippen LogP contribution < -0.4 is 10.5 Å². The monoisotopic (exact) mass is 365 g/mol. The molecule has 0 aliphatic rings. The van der Waals surface area contributed by atoms with Gasteiger partial charge in [0.2, 0.25) is 5.88 Å². The maximum atomic E-state index is 14.0. The summed E-state index contributed by atoms with van der Waals surface area (Å²) in [7, 11) is 0. The van der Waals surface area contributed by atoms with Gasteiger partial charge in [0, 0.05) is 5.56 Å². The van der Waals surface area contributed by atoms with Gasteiger partial charge >= 0.3 is 12.2 Å². The number of nitrogens with two attached hydrogens (primary N) is 1. The molecular weight excluding hydrogens is 354 g/mol. The summed E-state index contributed by atoms with van der Waals surface area (Å²) in [6.45, 7) is 3.28. The van der Waals surface area contributed by atoms with Gasteiger partial charge in [-0.25, -0.2) is 9.18 Å². The van der Waals surface area contributed by atoms with E-state index >= 15 is 0 Å². The summed E-state index contributed by atoms with van der Waals surface area (Å²) < 4.78 is 58.0. The average Bonchev–Trinajstić information content (AvgIpc) is 2.77. The van der Waals surface area contributed by atoms with Gasteiger partial charge in [0.25, 0.3) is 0 Å². The molecule has 5 nitrogen and oxygen atoms in total. The van der Waals surface area contributed by atoms with Gasteiger partial charge < -0.3 is 10.5 Å². The lowest BCUT2D eigenvalue weighted by Crippen LogP contribution is -2.22. The third-order valence-corrected chi connectivity index (χ3v) is 3.57. The van der Waals surface area contributed by atoms with Gasteiger partial charge in [-0.3, -0.25) is 0 Å². The predicted octanol–water partition coefficient (Wildman–Crippen LogP) is 4.28.